The molecule has 3 aromatic rings. The topological polar surface area (TPSA) is 41.0 Å². The number of piperidine rings is 1. The Labute approximate surface area is 201 Å². The first kappa shape index (κ1) is 20.2. The number of para-hydroxylation sites is 1. The number of aromatic nitrogens is 1. The van der Waals surface area contributed by atoms with Gasteiger partial charge in [0.2, 0.25) is 5.72 Å². The standard InChI is InChI=1S/C29H30N4O/c1-2-8-23-21(6-1)7-5-10-26(23)32-18-14-29(15-19-32)33-27(24-9-3-4-11-28(24)34-29)20-25(31-33)22-12-16-30-17-13-22/h1-4,6,8-9,11-13,16-17,26-27H,5,7,10,14-15,18-20H2/t26-,27-/m0/s1. The molecule has 172 valence electrons. The third kappa shape index (κ3) is 3.17. The van der Waals surface area contributed by atoms with E-state index in [1.165, 1.54) is 36.0 Å². The number of fused-ring (bicyclic) bond motifs is 5. The van der Waals surface area contributed by atoms with Crippen LogP contribution in [0.5, 0.6) is 5.75 Å². The molecule has 5 nitrogen and oxygen atoms in total. The van der Waals surface area contributed by atoms with Crippen LogP contribution in [0.25, 0.3) is 0 Å². The molecule has 0 unspecified atom stereocenters. The van der Waals surface area contributed by atoms with Crippen molar-refractivity contribution in [1.29, 1.82) is 0 Å². The van der Waals surface area contributed by atoms with Crippen LogP contribution in [0.3, 0.4) is 0 Å². The van der Waals surface area contributed by atoms with E-state index < -0.39 is 0 Å². The lowest BCUT2D eigenvalue weighted by Gasteiger charge is -2.52. The maximum Gasteiger partial charge on any atom is 0.200 e. The molecule has 2 atom stereocenters. The number of hydrazone groups is 1. The van der Waals surface area contributed by atoms with Crippen LogP contribution in [0.15, 0.2) is 78.2 Å². The summed E-state index contributed by atoms with van der Waals surface area (Å²) < 4.78 is 6.84. The fourth-order valence-electron chi connectivity index (χ4n) is 6.57. The summed E-state index contributed by atoms with van der Waals surface area (Å²) in [5, 5.41) is 7.53. The number of nitrogens with zero attached hydrogens (tertiary/aromatic N) is 4. The lowest BCUT2D eigenvalue weighted by molar-refractivity contribution is -0.153. The van der Waals surface area contributed by atoms with E-state index in [-0.39, 0.29) is 11.8 Å². The van der Waals surface area contributed by atoms with E-state index in [1.54, 1.807) is 0 Å². The molecule has 4 heterocycles. The Morgan fingerprint density at radius 3 is 2.47 bits per heavy atom. The number of likely N-dealkylation sites (tertiary alicyclic amines) is 1. The van der Waals surface area contributed by atoms with Crippen molar-refractivity contribution >= 4 is 5.71 Å². The maximum atomic E-state index is 6.84. The number of aryl methyl sites for hydroxylation is 1. The number of hydrogen-bond donors (Lipinski definition) is 0. The van der Waals surface area contributed by atoms with Crippen molar-refractivity contribution in [3.63, 3.8) is 0 Å². The predicted molar refractivity (Wildman–Crippen MR) is 133 cm³/mol. The predicted octanol–water partition coefficient (Wildman–Crippen LogP) is 5.49. The van der Waals surface area contributed by atoms with Gasteiger partial charge in [-0.05, 0) is 48.6 Å². The van der Waals surface area contributed by atoms with Crippen molar-refractivity contribution in [2.24, 2.45) is 5.10 Å². The summed E-state index contributed by atoms with van der Waals surface area (Å²) in [5.74, 6) is 1.03. The summed E-state index contributed by atoms with van der Waals surface area (Å²) in [7, 11) is 0. The monoisotopic (exact) mass is 450 g/mol. The average molecular weight is 451 g/mol. The zero-order valence-corrected chi connectivity index (χ0v) is 19.4. The van der Waals surface area contributed by atoms with Gasteiger partial charge in [-0.3, -0.25) is 9.88 Å². The lowest BCUT2D eigenvalue weighted by Crippen LogP contribution is -2.59. The number of hydrogen-bond acceptors (Lipinski definition) is 5. The minimum atomic E-state index is -0.377. The maximum absolute atomic E-state index is 6.84. The first-order valence-electron chi connectivity index (χ1n) is 12.7. The highest BCUT2D eigenvalue weighted by atomic mass is 16.5. The molecule has 1 saturated heterocycles. The summed E-state index contributed by atoms with van der Waals surface area (Å²) >= 11 is 0. The van der Waals surface area contributed by atoms with E-state index >= 15 is 0 Å². The van der Waals surface area contributed by atoms with Gasteiger partial charge in [0.05, 0.1) is 11.8 Å². The summed E-state index contributed by atoms with van der Waals surface area (Å²) in [6, 6.07) is 22.5. The summed E-state index contributed by atoms with van der Waals surface area (Å²) in [6.45, 7) is 2.06. The molecule has 5 heteroatoms. The van der Waals surface area contributed by atoms with E-state index in [0.29, 0.717) is 6.04 Å². The third-order valence-corrected chi connectivity index (χ3v) is 8.28. The highest BCUT2D eigenvalue weighted by Crippen LogP contribution is 2.50. The Hall–Kier alpha value is -3.18. The molecule has 7 rings (SSSR count). The minimum Gasteiger partial charge on any atom is -0.466 e. The van der Waals surface area contributed by atoms with Crippen LogP contribution < -0.4 is 4.74 Å². The molecule has 1 spiro atoms. The molecule has 0 N–H and O–H groups in total. The molecule has 0 radical (unpaired) electrons. The molecular weight excluding hydrogens is 420 g/mol. The van der Waals surface area contributed by atoms with Gasteiger partial charge in [0, 0.05) is 61.9 Å². The smallest absolute Gasteiger partial charge is 0.200 e. The zero-order valence-electron chi connectivity index (χ0n) is 19.4. The second kappa shape index (κ2) is 7.95. The number of benzene rings is 2. The Kier molecular flexibility index (Phi) is 4.73. The van der Waals surface area contributed by atoms with Gasteiger partial charge < -0.3 is 4.74 Å². The second-order valence-electron chi connectivity index (χ2n) is 10.1. The number of pyridine rings is 1. The third-order valence-electron chi connectivity index (χ3n) is 8.28. The Balaban J connectivity index is 1.20. The molecular formula is C29H30N4O. The van der Waals surface area contributed by atoms with E-state index in [4.69, 9.17) is 9.84 Å². The quantitative estimate of drug-likeness (QED) is 0.517. The number of rotatable bonds is 2. The van der Waals surface area contributed by atoms with Crippen LogP contribution in [0.2, 0.25) is 0 Å². The van der Waals surface area contributed by atoms with Gasteiger partial charge in [-0.15, -0.1) is 0 Å². The van der Waals surface area contributed by atoms with Crippen LogP contribution >= 0.6 is 0 Å². The minimum absolute atomic E-state index is 0.232. The molecule has 3 aliphatic heterocycles. The van der Waals surface area contributed by atoms with Gasteiger partial charge in [0.25, 0.3) is 0 Å². The van der Waals surface area contributed by atoms with Crippen LogP contribution in [-0.4, -0.2) is 39.4 Å². The molecule has 1 aliphatic carbocycles. The highest BCUT2D eigenvalue weighted by molar-refractivity contribution is 6.01. The first-order chi connectivity index (χ1) is 16.8. The van der Waals surface area contributed by atoms with Crippen LogP contribution in [-0.2, 0) is 6.42 Å². The zero-order chi connectivity index (χ0) is 22.5. The van der Waals surface area contributed by atoms with Crippen molar-refractivity contribution in [3.05, 3.63) is 95.3 Å². The number of ether oxygens (including phenoxy) is 1. The highest BCUT2D eigenvalue weighted by Gasteiger charge is 2.52. The van der Waals surface area contributed by atoms with Crippen LogP contribution in [0, 0.1) is 0 Å². The SMILES string of the molecule is c1ccc2c(c1)CCC[C@@H]2N1CCC2(CC1)Oc1ccccc1[C@@H]1CC(c3ccncc3)=NN12. The fourth-order valence-corrected chi connectivity index (χ4v) is 6.57. The molecule has 1 fully saturated rings. The fraction of sp³-hybridized carbons (Fsp3) is 0.379. The molecule has 0 saturated carbocycles. The Morgan fingerprint density at radius 1 is 0.853 bits per heavy atom. The molecule has 0 bridgehead atoms. The normalized spacial score (nSPS) is 25.2. The van der Waals surface area contributed by atoms with Gasteiger partial charge >= 0.3 is 0 Å². The molecule has 4 aliphatic rings. The van der Waals surface area contributed by atoms with E-state index in [9.17, 15) is 0 Å². The summed E-state index contributed by atoms with van der Waals surface area (Å²) in [6.07, 6.45) is 10.3. The molecule has 34 heavy (non-hydrogen) atoms. The van der Waals surface area contributed by atoms with Gasteiger partial charge in [0.1, 0.15) is 5.75 Å². The van der Waals surface area contributed by atoms with E-state index in [1.807, 2.05) is 12.4 Å². The molecule has 0 amide bonds. The Morgan fingerprint density at radius 2 is 1.62 bits per heavy atom. The summed E-state index contributed by atoms with van der Waals surface area (Å²) in [5.41, 5.74) is 6.25. The van der Waals surface area contributed by atoms with E-state index in [2.05, 4.69) is 75.6 Å². The van der Waals surface area contributed by atoms with E-state index in [0.717, 1.165) is 49.4 Å². The van der Waals surface area contributed by atoms with Gasteiger partial charge in [0.15, 0.2) is 0 Å². The van der Waals surface area contributed by atoms with Crippen molar-refractivity contribution in [3.8, 4) is 5.75 Å². The first-order valence-corrected chi connectivity index (χ1v) is 12.7. The van der Waals surface area contributed by atoms with Crippen LogP contribution in [0.4, 0.5) is 0 Å². The van der Waals surface area contributed by atoms with Crippen molar-refractivity contribution in [2.75, 3.05) is 13.1 Å². The van der Waals surface area contributed by atoms with Crippen molar-refractivity contribution in [2.45, 2.75) is 56.3 Å². The Bertz CT molecular complexity index is 1230. The largest absolute Gasteiger partial charge is 0.466 e. The van der Waals surface area contributed by atoms with Crippen molar-refractivity contribution in [1.82, 2.24) is 14.9 Å². The lowest BCUT2D eigenvalue weighted by atomic mass is 9.84. The van der Waals surface area contributed by atoms with Gasteiger partial charge in [-0.25, -0.2) is 5.01 Å². The van der Waals surface area contributed by atoms with Gasteiger partial charge in [-0.1, -0.05) is 42.5 Å². The van der Waals surface area contributed by atoms with Crippen molar-refractivity contribution < 1.29 is 4.74 Å². The second-order valence-corrected chi connectivity index (χ2v) is 10.1. The molecule has 2 aromatic carbocycles. The van der Waals surface area contributed by atoms with Crippen LogP contribution in [0.1, 0.15) is 66.4 Å². The van der Waals surface area contributed by atoms with Gasteiger partial charge in [-0.2, -0.15) is 5.10 Å². The summed E-state index contributed by atoms with van der Waals surface area (Å²) in [4.78, 5) is 6.90. The average Bonchev–Trinajstić information content (AvgIpc) is 3.37. The molecule has 1 aromatic heterocycles.